The zero-order valence-corrected chi connectivity index (χ0v) is 15.6. The van der Waals surface area contributed by atoms with Gasteiger partial charge < -0.3 is 10.2 Å². The smallest absolute Gasteiger partial charge is 0.251 e. The summed E-state index contributed by atoms with van der Waals surface area (Å²) < 4.78 is 0. The van der Waals surface area contributed by atoms with Gasteiger partial charge in [0.1, 0.15) is 0 Å². The zero-order chi connectivity index (χ0) is 18.0. The van der Waals surface area contributed by atoms with Crippen LogP contribution in [0.25, 0.3) is 0 Å². The number of hydrogen-bond acceptors (Lipinski definition) is 2. The second kappa shape index (κ2) is 6.96. The number of carbonyl (C=O) groups excluding carboxylic acids is 2. The van der Waals surface area contributed by atoms with Crippen LogP contribution in [-0.2, 0) is 11.3 Å². The van der Waals surface area contributed by atoms with Crippen LogP contribution in [0.1, 0.15) is 69.8 Å². The SMILES string of the molecule is CC(C)(C)CC(C)(C)NC(=O)c1ccc(CN2CCCC2=O)cc1. The Bertz CT molecular complexity index is 597. The Morgan fingerprint density at radius 3 is 2.25 bits per heavy atom. The molecule has 1 aliphatic rings. The average molecular weight is 330 g/mol. The summed E-state index contributed by atoms with van der Waals surface area (Å²) in [6.45, 7) is 12.1. The highest BCUT2D eigenvalue weighted by Gasteiger charge is 2.27. The fourth-order valence-corrected chi connectivity index (χ4v) is 3.60. The van der Waals surface area contributed by atoms with Gasteiger partial charge in [-0.15, -0.1) is 0 Å². The van der Waals surface area contributed by atoms with Crippen molar-refractivity contribution < 1.29 is 9.59 Å². The summed E-state index contributed by atoms with van der Waals surface area (Å²) in [7, 11) is 0. The molecule has 24 heavy (non-hydrogen) atoms. The normalized spacial score (nSPS) is 15.7. The Morgan fingerprint density at radius 1 is 1.12 bits per heavy atom. The number of hydrogen-bond donors (Lipinski definition) is 1. The summed E-state index contributed by atoms with van der Waals surface area (Å²) >= 11 is 0. The van der Waals surface area contributed by atoms with Gasteiger partial charge in [-0.2, -0.15) is 0 Å². The maximum absolute atomic E-state index is 12.5. The summed E-state index contributed by atoms with van der Waals surface area (Å²) in [5, 5.41) is 3.13. The highest BCUT2D eigenvalue weighted by Crippen LogP contribution is 2.27. The molecule has 1 N–H and O–H groups in total. The van der Waals surface area contributed by atoms with Crippen molar-refractivity contribution in [1.82, 2.24) is 10.2 Å². The van der Waals surface area contributed by atoms with Crippen LogP contribution in [0.4, 0.5) is 0 Å². The molecule has 0 saturated carbocycles. The van der Waals surface area contributed by atoms with Crippen molar-refractivity contribution in [1.29, 1.82) is 0 Å². The summed E-state index contributed by atoms with van der Waals surface area (Å²) in [6.07, 6.45) is 2.51. The van der Waals surface area contributed by atoms with E-state index in [-0.39, 0.29) is 22.8 Å². The predicted molar refractivity (Wildman–Crippen MR) is 96.7 cm³/mol. The molecule has 0 aromatic heterocycles. The van der Waals surface area contributed by atoms with Gasteiger partial charge in [0.05, 0.1) is 0 Å². The van der Waals surface area contributed by atoms with Crippen LogP contribution in [0.2, 0.25) is 0 Å². The van der Waals surface area contributed by atoms with Crippen LogP contribution in [0.5, 0.6) is 0 Å². The standard InChI is InChI=1S/C20H30N2O2/c1-19(2,3)14-20(4,5)21-18(24)16-10-8-15(9-11-16)13-22-12-6-7-17(22)23/h8-11H,6-7,12-14H2,1-5H3,(H,21,24). The molecule has 132 valence electrons. The van der Waals surface area contributed by atoms with Gasteiger partial charge in [-0.3, -0.25) is 9.59 Å². The maximum atomic E-state index is 12.5. The molecule has 1 heterocycles. The van der Waals surface area contributed by atoms with Gasteiger partial charge in [0, 0.05) is 30.6 Å². The van der Waals surface area contributed by atoms with Crippen LogP contribution in [0.15, 0.2) is 24.3 Å². The molecule has 0 spiro atoms. The van der Waals surface area contributed by atoms with E-state index < -0.39 is 0 Å². The third-order valence-corrected chi connectivity index (χ3v) is 4.19. The second-order valence-corrected chi connectivity index (χ2v) is 8.69. The summed E-state index contributed by atoms with van der Waals surface area (Å²) in [5.41, 5.74) is 1.63. The third kappa shape index (κ3) is 5.36. The minimum absolute atomic E-state index is 0.0481. The fraction of sp³-hybridized carbons (Fsp3) is 0.600. The number of nitrogens with zero attached hydrogens (tertiary/aromatic N) is 1. The summed E-state index contributed by atoms with van der Waals surface area (Å²) in [5.74, 6) is 0.175. The molecule has 1 aromatic rings. The van der Waals surface area contributed by atoms with Gasteiger partial charge in [-0.25, -0.2) is 0 Å². The molecule has 2 amide bonds. The lowest BCUT2D eigenvalue weighted by Gasteiger charge is -2.33. The van der Waals surface area contributed by atoms with E-state index in [1.165, 1.54) is 0 Å². The Labute approximate surface area is 145 Å². The van der Waals surface area contributed by atoms with E-state index in [1.807, 2.05) is 29.2 Å². The molecule has 0 atom stereocenters. The van der Waals surface area contributed by atoms with Gasteiger partial charge in [-0.05, 0) is 49.8 Å². The number of likely N-dealkylation sites (tertiary alicyclic amines) is 1. The Balaban J connectivity index is 1.97. The quantitative estimate of drug-likeness (QED) is 0.894. The lowest BCUT2D eigenvalue weighted by atomic mass is 9.81. The largest absolute Gasteiger partial charge is 0.347 e. The van der Waals surface area contributed by atoms with Crippen molar-refractivity contribution in [3.8, 4) is 0 Å². The molecule has 0 unspecified atom stereocenters. The first kappa shape index (κ1) is 18.5. The van der Waals surface area contributed by atoms with Crippen molar-refractivity contribution in [2.45, 2.75) is 66.0 Å². The molecule has 2 rings (SSSR count). The zero-order valence-electron chi connectivity index (χ0n) is 15.6. The molecule has 1 saturated heterocycles. The first-order valence-electron chi connectivity index (χ1n) is 8.75. The first-order valence-corrected chi connectivity index (χ1v) is 8.75. The van der Waals surface area contributed by atoms with E-state index in [1.54, 1.807) is 0 Å². The summed E-state index contributed by atoms with van der Waals surface area (Å²) in [4.78, 5) is 26.0. The molecule has 4 heteroatoms. The van der Waals surface area contributed by atoms with Gasteiger partial charge in [0.2, 0.25) is 5.91 Å². The van der Waals surface area contributed by atoms with E-state index in [2.05, 4.69) is 39.9 Å². The number of amides is 2. The van der Waals surface area contributed by atoms with E-state index in [4.69, 9.17) is 0 Å². The molecule has 4 nitrogen and oxygen atoms in total. The number of nitrogens with one attached hydrogen (secondary N) is 1. The topological polar surface area (TPSA) is 49.4 Å². The lowest BCUT2D eigenvalue weighted by molar-refractivity contribution is -0.128. The van der Waals surface area contributed by atoms with Gasteiger partial charge >= 0.3 is 0 Å². The molecule has 1 aliphatic heterocycles. The maximum Gasteiger partial charge on any atom is 0.251 e. The summed E-state index contributed by atoms with van der Waals surface area (Å²) in [6, 6.07) is 7.57. The van der Waals surface area contributed by atoms with E-state index in [0.717, 1.165) is 24.9 Å². The monoisotopic (exact) mass is 330 g/mol. The van der Waals surface area contributed by atoms with Gasteiger partial charge in [0.15, 0.2) is 0 Å². The van der Waals surface area contributed by atoms with Crippen LogP contribution in [-0.4, -0.2) is 28.8 Å². The van der Waals surface area contributed by atoms with Crippen LogP contribution >= 0.6 is 0 Å². The Kier molecular flexibility index (Phi) is 5.36. The first-order chi connectivity index (χ1) is 11.1. The molecular formula is C20H30N2O2. The Hall–Kier alpha value is -1.84. The molecule has 1 fully saturated rings. The minimum atomic E-state index is -0.254. The minimum Gasteiger partial charge on any atom is -0.347 e. The van der Waals surface area contributed by atoms with Crippen molar-refractivity contribution in [2.75, 3.05) is 6.54 Å². The predicted octanol–water partition coefficient (Wildman–Crippen LogP) is 3.75. The molecule has 0 bridgehead atoms. The van der Waals surface area contributed by atoms with Gasteiger partial charge in [-0.1, -0.05) is 32.9 Å². The fourth-order valence-electron chi connectivity index (χ4n) is 3.60. The number of carbonyl (C=O) groups is 2. The van der Waals surface area contributed by atoms with E-state index in [9.17, 15) is 9.59 Å². The highest BCUT2D eigenvalue weighted by atomic mass is 16.2. The lowest BCUT2D eigenvalue weighted by Crippen LogP contribution is -2.45. The van der Waals surface area contributed by atoms with Crippen molar-refractivity contribution in [2.24, 2.45) is 5.41 Å². The molecule has 0 radical (unpaired) electrons. The number of benzene rings is 1. The Morgan fingerprint density at radius 2 is 1.75 bits per heavy atom. The van der Waals surface area contributed by atoms with Crippen LogP contribution < -0.4 is 5.32 Å². The molecular weight excluding hydrogens is 300 g/mol. The highest BCUT2D eigenvalue weighted by molar-refractivity contribution is 5.94. The van der Waals surface area contributed by atoms with Crippen LogP contribution in [0.3, 0.4) is 0 Å². The van der Waals surface area contributed by atoms with Crippen molar-refractivity contribution >= 4 is 11.8 Å². The third-order valence-electron chi connectivity index (χ3n) is 4.19. The van der Waals surface area contributed by atoms with Crippen LogP contribution in [0, 0.1) is 5.41 Å². The molecule has 0 aliphatic carbocycles. The average Bonchev–Trinajstić information content (AvgIpc) is 2.81. The molecule has 1 aromatic carbocycles. The second-order valence-electron chi connectivity index (χ2n) is 8.69. The van der Waals surface area contributed by atoms with Crippen molar-refractivity contribution in [3.05, 3.63) is 35.4 Å². The van der Waals surface area contributed by atoms with Gasteiger partial charge in [0.25, 0.3) is 5.91 Å². The van der Waals surface area contributed by atoms with E-state index >= 15 is 0 Å². The van der Waals surface area contributed by atoms with Crippen molar-refractivity contribution in [3.63, 3.8) is 0 Å². The number of rotatable bonds is 5. The van der Waals surface area contributed by atoms with E-state index in [0.29, 0.717) is 18.5 Å².